The van der Waals surface area contributed by atoms with Crippen molar-refractivity contribution in [2.45, 2.75) is 34.1 Å². The number of nitrogens with zero attached hydrogens (tertiary/aromatic N) is 4. The van der Waals surface area contributed by atoms with Crippen molar-refractivity contribution in [3.63, 3.8) is 0 Å². The fourth-order valence-electron chi connectivity index (χ4n) is 1.72. The Morgan fingerprint density at radius 3 is 2.67 bits per heavy atom. The molecule has 0 aliphatic heterocycles. The van der Waals surface area contributed by atoms with Crippen LogP contribution < -0.4 is 0 Å². The average molecular weight is 242 g/mol. The Balaban J connectivity index is 2.37. The SMILES string of the molecule is CC(Cc1nnc2ccc(C#N)cn12)C(C)(C)C. The van der Waals surface area contributed by atoms with Crippen LogP contribution in [0.2, 0.25) is 0 Å². The fourth-order valence-corrected chi connectivity index (χ4v) is 1.72. The molecule has 1 unspecified atom stereocenters. The molecule has 0 bridgehead atoms. The zero-order valence-electron chi connectivity index (χ0n) is 11.3. The lowest BCUT2D eigenvalue weighted by Gasteiger charge is -2.26. The second kappa shape index (κ2) is 4.41. The summed E-state index contributed by atoms with van der Waals surface area (Å²) >= 11 is 0. The van der Waals surface area contributed by atoms with Crippen LogP contribution in [0.3, 0.4) is 0 Å². The molecule has 0 saturated heterocycles. The van der Waals surface area contributed by atoms with Gasteiger partial charge >= 0.3 is 0 Å². The van der Waals surface area contributed by atoms with E-state index in [4.69, 9.17) is 5.26 Å². The van der Waals surface area contributed by atoms with E-state index < -0.39 is 0 Å². The molecule has 0 amide bonds. The maximum Gasteiger partial charge on any atom is 0.160 e. The number of hydrogen-bond donors (Lipinski definition) is 0. The van der Waals surface area contributed by atoms with Gasteiger partial charge in [-0.25, -0.2) is 0 Å². The summed E-state index contributed by atoms with van der Waals surface area (Å²) in [7, 11) is 0. The third-order valence-electron chi connectivity index (χ3n) is 3.57. The summed E-state index contributed by atoms with van der Waals surface area (Å²) in [5.74, 6) is 1.42. The topological polar surface area (TPSA) is 54.0 Å². The van der Waals surface area contributed by atoms with Crippen molar-refractivity contribution in [1.82, 2.24) is 14.6 Å². The van der Waals surface area contributed by atoms with Crippen LogP contribution in [0.4, 0.5) is 0 Å². The summed E-state index contributed by atoms with van der Waals surface area (Å²) in [5.41, 5.74) is 1.66. The summed E-state index contributed by atoms with van der Waals surface area (Å²) in [6.07, 6.45) is 2.67. The molecule has 4 nitrogen and oxygen atoms in total. The Labute approximate surface area is 107 Å². The maximum absolute atomic E-state index is 8.93. The monoisotopic (exact) mass is 242 g/mol. The second-order valence-corrected chi connectivity index (χ2v) is 5.85. The highest BCUT2D eigenvalue weighted by molar-refractivity contribution is 5.42. The molecule has 0 saturated carbocycles. The standard InChI is InChI=1S/C14H18N4/c1-10(14(2,3)4)7-13-17-16-12-6-5-11(8-15)9-18(12)13/h5-6,9-10H,7H2,1-4H3. The van der Waals surface area contributed by atoms with Gasteiger partial charge in [-0.2, -0.15) is 5.26 Å². The van der Waals surface area contributed by atoms with Crippen LogP contribution in [0.5, 0.6) is 0 Å². The van der Waals surface area contributed by atoms with Gasteiger partial charge in [0, 0.05) is 12.6 Å². The predicted octanol–water partition coefficient (Wildman–Crippen LogP) is 2.83. The first-order chi connectivity index (χ1) is 8.41. The summed E-state index contributed by atoms with van der Waals surface area (Å²) in [6.45, 7) is 8.89. The first kappa shape index (κ1) is 12.6. The van der Waals surface area contributed by atoms with Crippen LogP contribution in [0, 0.1) is 22.7 Å². The van der Waals surface area contributed by atoms with Gasteiger partial charge in [0.2, 0.25) is 0 Å². The number of fused-ring (bicyclic) bond motifs is 1. The van der Waals surface area contributed by atoms with E-state index in [-0.39, 0.29) is 5.41 Å². The van der Waals surface area contributed by atoms with Crippen molar-refractivity contribution in [3.05, 3.63) is 29.7 Å². The van der Waals surface area contributed by atoms with Crippen molar-refractivity contribution >= 4 is 5.65 Å². The maximum atomic E-state index is 8.93. The smallest absolute Gasteiger partial charge is 0.160 e. The molecule has 0 aromatic carbocycles. The molecule has 4 heteroatoms. The Morgan fingerprint density at radius 1 is 1.33 bits per heavy atom. The number of rotatable bonds is 2. The van der Waals surface area contributed by atoms with E-state index in [1.807, 2.05) is 10.5 Å². The van der Waals surface area contributed by atoms with Crippen molar-refractivity contribution in [3.8, 4) is 6.07 Å². The highest BCUT2D eigenvalue weighted by Crippen LogP contribution is 2.28. The van der Waals surface area contributed by atoms with Crippen LogP contribution >= 0.6 is 0 Å². The minimum atomic E-state index is 0.235. The van der Waals surface area contributed by atoms with E-state index in [0.717, 1.165) is 17.9 Å². The van der Waals surface area contributed by atoms with Crippen LogP contribution in [0.25, 0.3) is 5.65 Å². The van der Waals surface area contributed by atoms with E-state index in [1.165, 1.54) is 0 Å². The van der Waals surface area contributed by atoms with E-state index in [0.29, 0.717) is 11.5 Å². The molecule has 2 heterocycles. The molecule has 0 aliphatic carbocycles. The third-order valence-corrected chi connectivity index (χ3v) is 3.57. The predicted molar refractivity (Wildman–Crippen MR) is 70.0 cm³/mol. The number of nitriles is 1. The quantitative estimate of drug-likeness (QED) is 0.813. The first-order valence-corrected chi connectivity index (χ1v) is 6.15. The zero-order chi connectivity index (χ0) is 13.3. The summed E-state index contributed by atoms with van der Waals surface area (Å²) in [5, 5.41) is 17.3. The number of hydrogen-bond acceptors (Lipinski definition) is 3. The van der Waals surface area contributed by atoms with E-state index in [2.05, 4.69) is 44.0 Å². The Kier molecular flexibility index (Phi) is 3.08. The van der Waals surface area contributed by atoms with Gasteiger partial charge in [-0.05, 0) is 23.5 Å². The normalized spacial score (nSPS) is 13.5. The van der Waals surface area contributed by atoms with Crippen molar-refractivity contribution in [1.29, 1.82) is 5.26 Å². The van der Waals surface area contributed by atoms with Gasteiger partial charge in [-0.15, -0.1) is 10.2 Å². The van der Waals surface area contributed by atoms with Gasteiger partial charge in [0.05, 0.1) is 5.56 Å². The highest BCUT2D eigenvalue weighted by Gasteiger charge is 2.22. The molecular formula is C14H18N4. The van der Waals surface area contributed by atoms with Crippen LogP contribution in [-0.2, 0) is 6.42 Å². The molecule has 2 rings (SSSR count). The third kappa shape index (κ3) is 2.35. The van der Waals surface area contributed by atoms with Crippen LogP contribution in [-0.4, -0.2) is 14.6 Å². The van der Waals surface area contributed by atoms with Crippen LogP contribution in [0.1, 0.15) is 39.1 Å². The van der Waals surface area contributed by atoms with E-state index in [9.17, 15) is 0 Å². The van der Waals surface area contributed by atoms with Gasteiger partial charge < -0.3 is 0 Å². The minimum Gasteiger partial charge on any atom is -0.285 e. The molecule has 0 aliphatic rings. The van der Waals surface area contributed by atoms with Gasteiger partial charge in [-0.3, -0.25) is 4.40 Å². The van der Waals surface area contributed by atoms with Gasteiger partial charge in [0.25, 0.3) is 0 Å². The average Bonchev–Trinajstić information content (AvgIpc) is 2.70. The number of pyridine rings is 1. The Bertz CT molecular complexity index is 598. The van der Waals surface area contributed by atoms with Crippen molar-refractivity contribution in [2.75, 3.05) is 0 Å². The molecule has 2 aromatic rings. The second-order valence-electron chi connectivity index (χ2n) is 5.85. The summed E-state index contributed by atoms with van der Waals surface area (Å²) in [4.78, 5) is 0. The molecule has 18 heavy (non-hydrogen) atoms. The first-order valence-electron chi connectivity index (χ1n) is 6.15. The molecule has 0 spiro atoms. The molecule has 0 fully saturated rings. The minimum absolute atomic E-state index is 0.235. The van der Waals surface area contributed by atoms with Gasteiger partial charge in [0.15, 0.2) is 5.65 Å². The molecule has 0 N–H and O–H groups in total. The van der Waals surface area contributed by atoms with Crippen LogP contribution in [0.15, 0.2) is 18.3 Å². The molecule has 1 atom stereocenters. The molecule has 0 radical (unpaired) electrons. The fraction of sp³-hybridized carbons (Fsp3) is 0.500. The summed E-state index contributed by atoms with van der Waals surface area (Å²) in [6, 6.07) is 5.74. The molecule has 2 aromatic heterocycles. The van der Waals surface area contributed by atoms with E-state index in [1.54, 1.807) is 12.3 Å². The summed E-state index contributed by atoms with van der Waals surface area (Å²) < 4.78 is 1.92. The Hall–Kier alpha value is -1.89. The lowest BCUT2D eigenvalue weighted by Crippen LogP contribution is -2.20. The molecular weight excluding hydrogens is 224 g/mol. The Morgan fingerprint density at radius 2 is 2.06 bits per heavy atom. The lowest BCUT2D eigenvalue weighted by atomic mass is 9.80. The van der Waals surface area contributed by atoms with Crippen molar-refractivity contribution < 1.29 is 0 Å². The number of aromatic nitrogens is 3. The van der Waals surface area contributed by atoms with Crippen molar-refractivity contribution in [2.24, 2.45) is 11.3 Å². The van der Waals surface area contributed by atoms with E-state index >= 15 is 0 Å². The van der Waals surface area contributed by atoms with Gasteiger partial charge in [-0.1, -0.05) is 27.7 Å². The zero-order valence-corrected chi connectivity index (χ0v) is 11.3. The molecule has 94 valence electrons. The lowest BCUT2D eigenvalue weighted by molar-refractivity contribution is 0.256. The highest BCUT2D eigenvalue weighted by atomic mass is 15.2. The largest absolute Gasteiger partial charge is 0.285 e. The van der Waals surface area contributed by atoms with Gasteiger partial charge in [0.1, 0.15) is 11.9 Å².